The van der Waals surface area contributed by atoms with Crippen molar-refractivity contribution >= 4 is 27.3 Å². The Balaban J connectivity index is 1.63. The summed E-state index contributed by atoms with van der Waals surface area (Å²) < 4.78 is 34.2. The maximum absolute atomic E-state index is 13.1. The van der Waals surface area contributed by atoms with Gasteiger partial charge in [0.2, 0.25) is 5.91 Å². The van der Waals surface area contributed by atoms with Crippen LogP contribution in [0.4, 0.5) is 11.4 Å². The molecule has 0 aromatic heterocycles. The number of hydrogen-bond donors (Lipinski definition) is 1. The summed E-state index contributed by atoms with van der Waals surface area (Å²) in [5.41, 5.74) is 4.18. The second-order valence-electron chi connectivity index (χ2n) is 8.26. The van der Waals surface area contributed by atoms with Crippen molar-refractivity contribution in [2.24, 2.45) is 5.92 Å². The zero-order valence-electron chi connectivity index (χ0n) is 17.7. The number of aryl methyl sites for hydroxylation is 2. The molecule has 7 heteroatoms. The summed E-state index contributed by atoms with van der Waals surface area (Å²) in [7, 11) is -2.38. The third-order valence-corrected chi connectivity index (χ3v) is 7.68. The zero-order valence-corrected chi connectivity index (χ0v) is 18.5. The van der Waals surface area contributed by atoms with Crippen LogP contribution in [0.1, 0.15) is 42.4 Å². The molecule has 2 aliphatic rings. The molecule has 2 aromatic rings. The molecule has 6 nitrogen and oxygen atoms in total. The van der Waals surface area contributed by atoms with Gasteiger partial charge in [-0.05, 0) is 74.1 Å². The van der Waals surface area contributed by atoms with Gasteiger partial charge in [-0.25, -0.2) is 8.42 Å². The summed E-state index contributed by atoms with van der Waals surface area (Å²) in [5, 5.41) is 0. The van der Waals surface area contributed by atoms with Crippen LogP contribution < -0.4 is 14.4 Å². The Morgan fingerprint density at radius 1 is 1.10 bits per heavy atom. The fourth-order valence-electron chi connectivity index (χ4n) is 4.41. The second-order valence-corrected chi connectivity index (χ2v) is 9.91. The summed E-state index contributed by atoms with van der Waals surface area (Å²) in [6.07, 6.45) is 4.91. The SMILES string of the molecule is COc1cc(C)c(C)cc1S(=O)(=O)Nc1ccc2c(c1)N(C(=O)C1CCCC1)CC2. The normalized spacial score (nSPS) is 16.6. The summed E-state index contributed by atoms with van der Waals surface area (Å²) in [6.45, 7) is 4.44. The van der Waals surface area contributed by atoms with Crippen molar-refractivity contribution in [1.82, 2.24) is 0 Å². The summed E-state index contributed by atoms with van der Waals surface area (Å²) in [6, 6.07) is 8.80. The average Bonchev–Trinajstić information content (AvgIpc) is 3.38. The summed E-state index contributed by atoms with van der Waals surface area (Å²) >= 11 is 0. The predicted molar refractivity (Wildman–Crippen MR) is 118 cm³/mol. The quantitative estimate of drug-likeness (QED) is 0.775. The smallest absolute Gasteiger partial charge is 0.265 e. The van der Waals surface area contributed by atoms with E-state index in [1.807, 2.05) is 24.8 Å². The molecule has 1 fully saturated rings. The average molecular weight is 429 g/mol. The minimum absolute atomic E-state index is 0.0936. The molecule has 30 heavy (non-hydrogen) atoms. The van der Waals surface area contributed by atoms with E-state index in [0.29, 0.717) is 18.0 Å². The Hall–Kier alpha value is -2.54. The molecule has 1 saturated carbocycles. The van der Waals surface area contributed by atoms with E-state index in [1.54, 1.807) is 24.3 Å². The molecule has 1 heterocycles. The number of carbonyl (C=O) groups excluding carboxylic acids is 1. The van der Waals surface area contributed by atoms with E-state index >= 15 is 0 Å². The van der Waals surface area contributed by atoms with E-state index < -0.39 is 10.0 Å². The van der Waals surface area contributed by atoms with Crippen molar-refractivity contribution in [2.75, 3.05) is 23.3 Å². The molecule has 1 aliphatic carbocycles. The monoisotopic (exact) mass is 428 g/mol. The number of hydrogen-bond acceptors (Lipinski definition) is 4. The van der Waals surface area contributed by atoms with E-state index in [4.69, 9.17) is 4.74 Å². The van der Waals surface area contributed by atoms with Crippen LogP contribution in [0.5, 0.6) is 5.75 Å². The Kier molecular flexibility index (Phi) is 5.49. The number of carbonyl (C=O) groups is 1. The van der Waals surface area contributed by atoms with Gasteiger partial charge in [-0.1, -0.05) is 18.9 Å². The Morgan fingerprint density at radius 2 is 1.80 bits per heavy atom. The van der Waals surface area contributed by atoms with Crippen molar-refractivity contribution in [3.05, 3.63) is 47.0 Å². The molecule has 160 valence electrons. The first-order valence-electron chi connectivity index (χ1n) is 10.4. The summed E-state index contributed by atoms with van der Waals surface area (Å²) in [4.78, 5) is 14.9. The number of benzene rings is 2. The van der Waals surface area contributed by atoms with Gasteiger partial charge in [0.05, 0.1) is 12.8 Å². The van der Waals surface area contributed by atoms with Crippen LogP contribution in [0, 0.1) is 19.8 Å². The van der Waals surface area contributed by atoms with Gasteiger partial charge >= 0.3 is 0 Å². The molecule has 1 N–H and O–H groups in total. The zero-order chi connectivity index (χ0) is 21.5. The van der Waals surface area contributed by atoms with Gasteiger partial charge in [0.1, 0.15) is 10.6 Å². The number of nitrogens with zero attached hydrogens (tertiary/aromatic N) is 1. The fraction of sp³-hybridized carbons (Fsp3) is 0.435. The maximum Gasteiger partial charge on any atom is 0.265 e. The number of amides is 1. The molecule has 0 saturated heterocycles. The van der Waals surface area contributed by atoms with E-state index in [-0.39, 0.29) is 16.7 Å². The van der Waals surface area contributed by atoms with Crippen molar-refractivity contribution in [3.8, 4) is 5.75 Å². The Bertz CT molecular complexity index is 1090. The van der Waals surface area contributed by atoms with E-state index in [2.05, 4.69) is 4.72 Å². The molecule has 0 unspecified atom stereocenters. The lowest BCUT2D eigenvalue weighted by Gasteiger charge is -2.22. The van der Waals surface area contributed by atoms with Crippen LogP contribution in [0.2, 0.25) is 0 Å². The molecule has 2 aromatic carbocycles. The molecule has 0 atom stereocenters. The molecule has 0 bridgehead atoms. The van der Waals surface area contributed by atoms with Crippen molar-refractivity contribution in [3.63, 3.8) is 0 Å². The Labute approximate surface area is 178 Å². The molecule has 0 radical (unpaired) electrons. The van der Waals surface area contributed by atoms with Gasteiger partial charge in [0.25, 0.3) is 10.0 Å². The van der Waals surface area contributed by atoms with Crippen LogP contribution >= 0.6 is 0 Å². The highest BCUT2D eigenvalue weighted by Gasteiger charge is 2.32. The summed E-state index contributed by atoms with van der Waals surface area (Å²) in [5.74, 6) is 0.572. The number of ether oxygens (including phenoxy) is 1. The number of nitrogens with one attached hydrogen (secondary N) is 1. The number of fused-ring (bicyclic) bond motifs is 1. The Morgan fingerprint density at radius 3 is 2.50 bits per heavy atom. The lowest BCUT2D eigenvalue weighted by molar-refractivity contribution is -0.122. The molecule has 0 spiro atoms. The predicted octanol–water partition coefficient (Wildman–Crippen LogP) is 4.19. The van der Waals surface area contributed by atoms with Crippen LogP contribution in [-0.2, 0) is 21.2 Å². The highest BCUT2D eigenvalue weighted by molar-refractivity contribution is 7.92. The first-order valence-corrected chi connectivity index (χ1v) is 11.9. The molecule has 1 aliphatic heterocycles. The van der Waals surface area contributed by atoms with Crippen molar-refractivity contribution in [2.45, 2.75) is 50.8 Å². The van der Waals surface area contributed by atoms with Crippen LogP contribution in [-0.4, -0.2) is 28.0 Å². The molecular weight excluding hydrogens is 400 g/mol. The second kappa shape index (κ2) is 7.95. The van der Waals surface area contributed by atoms with Gasteiger partial charge in [-0.15, -0.1) is 0 Å². The minimum atomic E-state index is -3.84. The highest BCUT2D eigenvalue weighted by Crippen LogP contribution is 2.36. The standard InChI is InChI=1S/C23H28N2O4S/c1-15-12-21(29-3)22(13-16(15)2)30(27,28)24-19-9-8-17-10-11-25(20(17)14-19)23(26)18-6-4-5-7-18/h8-9,12-14,18,24H,4-7,10-11H2,1-3H3. The van der Waals surface area contributed by atoms with Crippen LogP contribution in [0.15, 0.2) is 35.2 Å². The van der Waals surface area contributed by atoms with E-state index in [9.17, 15) is 13.2 Å². The highest BCUT2D eigenvalue weighted by atomic mass is 32.2. The first-order chi connectivity index (χ1) is 14.3. The molecule has 4 rings (SSSR count). The lowest BCUT2D eigenvalue weighted by atomic mass is 10.1. The van der Waals surface area contributed by atoms with Gasteiger partial charge < -0.3 is 9.64 Å². The number of methoxy groups -OCH3 is 1. The van der Waals surface area contributed by atoms with E-state index in [0.717, 1.165) is 54.5 Å². The van der Waals surface area contributed by atoms with E-state index in [1.165, 1.54) is 7.11 Å². The van der Waals surface area contributed by atoms with Crippen LogP contribution in [0.25, 0.3) is 0 Å². The molecule has 1 amide bonds. The van der Waals surface area contributed by atoms with Gasteiger partial charge in [-0.3, -0.25) is 9.52 Å². The third-order valence-electron chi connectivity index (χ3n) is 6.27. The number of rotatable bonds is 5. The van der Waals surface area contributed by atoms with Gasteiger partial charge in [-0.2, -0.15) is 0 Å². The van der Waals surface area contributed by atoms with Crippen molar-refractivity contribution < 1.29 is 17.9 Å². The number of anilines is 2. The minimum Gasteiger partial charge on any atom is -0.495 e. The maximum atomic E-state index is 13.1. The third kappa shape index (κ3) is 3.78. The van der Waals surface area contributed by atoms with Gasteiger partial charge in [0, 0.05) is 18.2 Å². The van der Waals surface area contributed by atoms with Crippen LogP contribution in [0.3, 0.4) is 0 Å². The van der Waals surface area contributed by atoms with Gasteiger partial charge in [0.15, 0.2) is 0 Å². The lowest BCUT2D eigenvalue weighted by Crippen LogP contribution is -2.33. The molecular formula is C23H28N2O4S. The number of sulfonamides is 1. The van der Waals surface area contributed by atoms with Crippen molar-refractivity contribution in [1.29, 1.82) is 0 Å². The topological polar surface area (TPSA) is 75.7 Å². The largest absolute Gasteiger partial charge is 0.495 e. The fourth-order valence-corrected chi connectivity index (χ4v) is 5.69. The first kappa shape index (κ1) is 20.7.